The number of carbonyl (C=O) groups excluding carboxylic acids is 1. The fraction of sp³-hybridized carbons (Fsp3) is 0.278. The van der Waals surface area contributed by atoms with Crippen molar-refractivity contribution in [1.82, 2.24) is 0 Å². The molecule has 0 radical (unpaired) electrons. The van der Waals surface area contributed by atoms with Gasteiger partial charge < -0.3 is 15.8 Å². The van der Waals surface area contributed by atoms with Gasteiger partial charge in [0.1, 0.15) is 0 Å². The molecule has 0 spiro atoms. The highest BCUT2D eigenvalue weighted by Gasteiger charge is 2.07. The van der Waals surface area contributed by atoms with Crippen molar-refractivity contribution in [2.45, 2.75) is 26.0 Å². The Labute approximate surface area is 143 Å². The third-order valence-corrected chi connectivity index (χ3v) is 3.25. The van der Waals surface area contributed by atoms with Gasteiger partial charge in [-0.1, -0.05) is 42.5 Å². The molecule has 23 heavy (non-hydrogen) atoms. The van der Waals surface area contributed by atoms with Crippen LogP contribution in [0.1, 0.15) is 18.1 Å². The Bertz CT molecular complexity index is 603. The normalized spacial score (nSPS) is 11.4. The lowest BCUT2D eigenvalue weighted by molar-refractivity contribution is -0.117. The third kappa shape index (κ3) is 6.82. The van der Waals surface area contributed by atoms with Crippen molar-refractivity contribution < 1.29 is 9.53 Å². The van der Waals surface area contributed by atoms with Crippen molar-refractivity contribution >= 4 is 24.0 Å². The van der Waals surface area contributed by atoms with Gasteiger partial charge in [-0.3, -0.25) is 4.79 Å². The number of nitrogens with one attached hydrogen (secondary N) is 1. The average Bonchev–Trinajstić information content (AvgIpc) is 2.53. The van der Waals surface area contributed by atoms with Gasteiger partial charge in [0.05, 0.1) is 19.3 Å². The molecule has 3 N–H and O–H groups in total. The fourth-order valence-electron chi connectivity index (χ4n) is 2.02. The van der Waals surface area contributed by atoms with Crippen LogP contribution in [0.3, 0.4) is 0 Å². The van der Waals surface area contributed by atoms with Gasteiger partial charge in [-0.25, -0.2) is 0 Å². The van der Waals surface area contributed by atoms with Crippen LogP contribution in [-0.4, -0.2) is 18.6 Å². The Morgan fingerprint density at radius 1 is 1.13 bits per heavy atom. The van der Waals surface area contributed by atoms with E-state index in [0.717, 1.165) is 17.7 Å². The summed E-state index contributed by atoms with van der Waals surface area (Å²) in [5.74, 6) is -0.192. The van der Waals surface area contributed by atoms with Gasteiger partial charge >= 0.3 is 0 Å². The zero-order chi connectivity index (χ0) is 15.8. The molecule has 0 bridgehead atoms. The largest absolute Gasteiger partial charge is 0.376 e. The van der Waals surface area contributed by atoms with Gasteiger partial charge in [0.2, 0.25) is 5.91 Å². The smallest absolute Gasteiger partial charge is 0.240 e. The fourth-order valence-corrected chi connectivity index (χ4v) is 2.02. The first-order chi connectivity index (χ1) is 10.6. The van der Waals surface area contributed by atoms with Crippen molar-refractivity contribution in [3.63, 3.8) is 0 Å². The minimum atomic E-state index is -0.522. The molecule has 0 aliphatic heterocycles. The topological polar surface area (TPSA) is 64.4 Å². The van der Waals surface area contributed by atoms with E-state index in [1.807, 2.05) is 42.5 Å². The van der Waals surface area contributed by atoms with Crippen LogP contribution in [-0.2, 0) is 22.6 Å². The van der Waals surface area contributed by atoms with E-state index >= 15 is 0 Å². The molecule has 2 aromatic rings. The van der Waals surface area contributed by atoms with Crippen LogP contribution < -0.4 is 11.1 Å². The Kier molecular flexibility index (Phi) is 8.33. The lowest BCUT2D eigenvalue weighted by Gasteiger charge is -2.10. The van der Waals surface area contributed by atoms with Gasteiger partial charge in [-0.15, -0.1) is 12.4 Å². The second-order valence-corrected chi connectivity index (χ2v) is 5.27. The highest BCUT2D eigenvalue weighted by molar-refractivity contribution is 5.94. The van der Waals surface area contributed by atoms with Crippen LogP contribution in [0, 0.1) is 0 Å². The summed E-state index contributed by atoms with van der Waals surface area (Å²) < 4.78 is 5.69. The second kappa shape index (κ2) is 10.0. The SMILES string of the molecule is C[C@H](N)C(=O)Nc1cccc(COCCc2ccccc2)c1.Cl. The summed E-state index contributed by atoms with van der Waals surface area (Å²) in [6, 6.07) is 17.3. The van der Waals surface area contributed by atoms with Crippen molar-refractivity contribution in [2.24, 2.45) is 5.73 Å². The van der Waals surface area contributed by atoms with E-state index in [9.17, 15) is 4.79 Å². The van der Waals surface area contributed by atoms with E-state index in [1.165, 1.54) is 5.56 Å². The quantitative estimate of drug-likeness (QED) is 0.764. The van der Waals surface area contributed by atoms with E-state index in [4.69, 9.17) is 10.5 Å². The molecular formula is C18H23ClN2O2. The number of ether oxygens (including phenoxy) is 1. The standard InChI is InChI=1S/C18H22N2O2.ClH/c1-14(19)18(21)20-17-9-5-8-16(12-17)13-22-11-10-15-6-3-2-4-7-15;/h2-9,12,14H,10-11,13,19H2,1H3,(H,20,21);1H/t14-;/m0./s1. The number of halogens is 1. The first-order valence-corrected chi connectivity index (χ1v) is 7.42. The van der Waals surface area contributed by atoms with Gasteiger partial charge in [0.15, 0.2) is 0 Å². The summed E-state index contributed by atoms with van der Waals surface area (Å²) >= 11 is 0. The van der Waals surface area contributed by atoms with Crippen LogP contribution in [0.2, 0.25) is 0 Å². The highest BCUT2D eigenvalue weighted by Crippen LogP contribution is 2.12. The predicted octanol–water partition coefficient (Wildman–Crippen LogP) is 3.15. The summed E-state index contributed by atoms with van der Waals surface area (Å²) in [7, 11) is 0. The molecule has 0 aliphatic carbocycles. The molecule has 0 saturated heterocycles. The number of hydrogen-bond acceptors (Lipinski definition) is 3. The third-order valence-electron chi connectivity index (χ3n) is 3.25. The first kappa shape index (κ1) is 19.2. The van der Waals surface area contributed by atoms with Gasteiger partial charge in [0.25, 0.3) is 0 Å². The summed E-state index contributed by atoms with van der Waals surface area (Å²) in [6.45, 7) is 2.85. The molecule has 1 amide bonds. The molecule has 0 saturated carbocycles. The van der Waals surface area contributed by atoms with Crippen LogP contribution in [0.15, 0.2) is 54.6 Å². The molecule has 0 aliphatic rings. The predicted molar refractivity (Wildman–Crippen MR) is 95.8 cm³/mol. The van der Waals surface area contributed by atoms with E-state index in [2.05, 4.69) is 17.4 Å². The van der Waals surface area contributed by atoms with Gasteiger partial charge in [0, 0.05) is 5.69 Å². The molecule has 1 atom stereocenters. The van der Waals surface area contributed by atoms with Crippen LogP contribution >= 0.6 is 12.4 Å². The van der Waals surface area contributed by atoms with Crippen molar-refractivity contribution in [3.8, 4) is 0 Å². The van der Waals surface area contributed by atoms with E-state index in [0.29, 0.717) is 13.2 Å². The minimum absolute atomic E-state index is 0. The molecule has 0 unspecified atom stereocenters. The maximum Gasteiger partial charge on any atom is 0.240 e. The number of nitrogens with two attached hydrogens (primary N) is 1. The highest BCUT2D eigenvalue weighted by atomic mass is 35.5. The lowest BCUT2D eigenvalue weighted by atomic mass is 10.2. The Hall–Kier alpha value is -1.88. The van der Waals surface area contributed by atoms with E-state index < -0.39 is 6.04 Å². The number of carbonyl (C=O) groups is 1. The Morgan fingerprint density at radius 2 is 1.83 bits per heavy atom. The summed E-state index contributed by atoms with van der Waals surface area (Å²) in [4.78, 5) is 11.6. The molecule has 0 aromatic heterocycles. The van der Waals surface area contributed by atoms with Gasteiger partial charge in [-0.2, -0.15) is 0 Å². The zero-order valence-corrected chi connectivity index (χ0v) is 14.0. The number of benzene rings is 2. The maximum atomic E-state index is 11.6. The minimum Gasteiger partial charge on any atom is -0.376 e. The number of rotatable bonds is 7. The maximum absolute atomic E-state index is 11.6. The first-order valence-electron chi connectivity index (χ1n) is 7.42. The Balaban J connectivity index is 0.00000264. The second-order valence-electron chi connectivity index (χ2n) is 5.27. The molecule has 2 rings (SSSR count). The van der Waals surface area contributed by atoms with Crippen LogP contribution in [0.5, 0.6) is 0 Å². The van der Waals surface area contributed by atoms with Crippen LogP contribution in [0.25, 0.3) is 0 Å². The Morgan fingerprint density at radius 3 is 2.52 bits per heavy atom. The van der Waals surface area contributed by atoms with Crippen molar-refractivity contribution in [2.75, 3.05) is 11.9 Å². The van der Waals surface area contributed by atoms with Crippen molar-refractivity contribution in [3.05, 3.63) is 65.7 Å². The van der Waals surface area contributed by atoms with Crippen LogP contribution in [0.4, 0.5) is 5.69 Å². The summed E-state index contributed by atoms with van der Waals surface area (Å²) in [5, 5.41) is 2.78. The number of anilines is 1. The number of amides is 1. The van der Waals surface area contributed by atoms with Crippen molar-refractivity contribution in [1.29, 1.82) is 0 Å². The number of hydrogen-bond donors (Lipinski definition) is 2. The van der Waals surface area contributed by atoms with E-state index in [1.54, 1.807) is 6.92 Å². The molecule has 0 fully saturated rings. The summed E-state index contributed by atoms with van der Waals surface area (Å²) in [6.07, 6.45) is 0.891. The van der Waals surface area contributed by atoms with E-state index in [-0.39, 0.29) is 18.3 Å². The molecule has 124 valence electrons. The zero-order valence-electron chi connectivity index (χ0n) is 13.2. The average molecular weight is 335 g/mol. The lowest BCUT2D eigenvalue weighted by Crippen LogP contribution is -2.32. The molecule has 5 heteroatoms. The molecule has 4 nitrogen and oxygen atoms in total. The monoisotopic (exact) mass is 334 g/mol. The molecular weight excluding hydrogens is 312 g/mol. The van der Waals surface area contributed by atoms with Gasteiger partial charge in [-0.05, 0) is 36.6 Å². The molecule has 0 heterocycles. The molecule has 2 aromatic carbocycles. The summed E-state index contributed by atoms with van der Waals surface area (Å²) in [5.41, 5.74) is 8.57.